The fraction of sp³-hybridized carbons (Fsp3) is 0.741. The maximum Gasteiger partial charge on any atom is 0.225 e. The van der Waals surface area contributed by atoms with E-state index < -0.39 is 0 Å². The zero-order chi connectivity index (χ0) is 22.3. The van der Waals surface area contributed by atoms with Gasteiger partial charge in [-0.1, -0.05) is 64.2 Å². The highest BCUT2D eigenvalue weighted by molar-refractivity contribution is 5.81. The fourth-order valence-corrected chi connectivity index (χ4v) is 6.06. The van der Waals surface area contributed by atoms with Crippen molar-refractivity contribution in [2.75, 3.05) is 33.8 Å². The summed E-state index contributed by atoms with van der Waals surface area (Å²) in [4.78, 5) is 15.1. The van der Waals surface area contributed by atoms with Crippen molar-refractivity contribution >= 4 is 5.91 Å². The van der Waals surface area contributed by atoms with Crippen molar-refractivity contribution in [2.45, 2.75) is 77.6 Å². The van der Waals surface area contributed by atoms with E-state index in [9.17, 15) is 4.79 Å². The minimum absolute atomic E-state index is 0.177. The number of piperidine rings is 1. The summed E-state index contributed by atoms with van der Waals surface area (Å²) in [5.41, 5.74) is 1.06. The molecule has 2 fully saturated rings. The average Bonchev–Trinajstić information content (AvgIpc) is 2.79. The predicted octanol–water partition coefficient (Wildman–Crippen LogP) is 5.62. The molecule has 31 heavy (non-hydrogen) atoms. The van der Waals surface area contributed by atoms with Crippen LogP contribution >= 0.6 is 0 Å². The van der Waals surface area contributed by atoms with E-state index >= 15 is 0 Å². The first-order chi connectivity index (χ1) is 14.9. The van der Waals surface area contributed by atoms with Crippen molar-refractivity contribution in [3.63, 3.8) is 0 Å². The van der Waals surface area contributed by atoms with E-state index in [-0.39, 0.29) is 11.3 Å². The Morgan fingerprint density at radius 2 is 1.81 bits per heavy atom. The molecule has 4 nitrogen and oxygen atoms in total. The van der Waals surface area contributed by atoms with Gasteiger partial charge < -0.3 is 15.0 Å². The highest BCUT2D eigenvalue weighted by Crippen LogP contribution is 2.37. The third kappa shape index (κ3) is 6.71. The fourth-order valence-electron chi connectivity index (χ4n) is 6.06. The molecule has 1 aromatic carbocycles. The van der Waals surface area contributed by atoms with Gasteiger partial charge in [-0.15, -0.1) is 0 Å². The highest BCUT2D eigenvalue weighted by Gasteiger charge is 2.33. The average molecular weight is 429 g/mol. The number of nitrogens with one attached hydrogen (secondary N) is 1. The summed E-state index contributed by atoms with van der Waals surface area (Å²) in [6.07, 6.45) is 11.6. The number of ether oxygens (including phenoxy) is 1. The van der Waals surface area contributed by atoms with Gasteiger partial charge in [-0.2, -0.15) is 0 Å². The largest absolute Gasteiger partial charge is 0.496 e. The van der Waals surface area contributed by atoms with Crippen LogP contribution in [-0.4, -0.2) is 44.6 Å². The summed E-state index contributed by atoms with van der Waals surface area (Å²) in [7, 11) is 3.54. The number of rotatable bonds is 9. The van der Waals surface area contributed by atoms with E-state index in [1.54, 1.807) is 14.2 Å². The lowest BCUT2D eigenvalue weighted by Gasteiger charge is -2.38. The Kier molecular flexibility index (Phi) is 8.83. The van der Waals surface area contributed by atoms with Gasteiger partial charge >= 0.3 is 0 Å². The molecule has 3 rings (SSSR count). The Labute approximate surface area is 190 Å². The van der Waals surface area contributed by atoms with Crippen LogP contribution in [0.5, 0.6) is 5.75 Å². The van der Waals surface area contributed by atoms with Crippen molar-refractivity contribution in [3.8, 4) is 5.75 Å². The van der Waals surface area contributed by atoms with Gasteiger partial charge in [0.05, 0.1) is 7.11 Å². The molecule has 1 saturated heterocycles. The third-order valence-electron chi connectivity index (χ3n) is 7.71. The van der Waals surface area contributed by atoms with Gasteiger partial charge in [0, 0.05) is 19.0 Å². The summed E-state index contributed by atoms with van der Waals surface area (Å²) in [6.45, 7) is 7.66. The van der Waals surface area contributed by atoms with E-state index in [0.717, 1.165) is 37.7 Å². The van der Waals surface area contributed by atoms with Crippen LogP contribution in [-0.2, 0) is 4.79 Å². The Morgan fingerprint density at radius 1 is 1.13 bits per heavy atom. The Hall–Kier alpha value is -1.55. The smallest absolute Gasteiger partial charge is 0.225 e. The van der Waals surface area contributed by atoms with Gasteiger partial charge in [0.1, 0.15) is 5.75 Å². The molecule has 1 aliphatic carbocycles. The lowest BCUT2D eigenvalue weighted by atomic mass is 9.75. The van der Waals surface area contributed by atoms with Gasteiger partial charge in [0.25, 0.3) is 0 Å². The zero-order valence-corrected chi connectivity index (χ0v) is 20.3. The number of carbonyl (C=O) groups is 1. The monoisotopic (exact) mass is 428 g/mol. The van der Waals surface area contributed by atoms with Crippen LogP contribution < -0.4 is 10.1 Å². The number of methoxy groups -OCH3 is 1. The number of amides is 1. The van der Waals surface area contributed by atoms with Crippen LogP contribution in [0.25, 0.3) is 0 Å². The van der Waals surface area contributed by atoms with Crippen LogP contribution in [0.1, 0.15) is 83.1 Å². The second kappa shape index (κ2) is 11.4. The van der Waals surface area contributed by atoms with E-state index in [1.165, 1.54) is 56.9 Å². The normalized spacial score (nSPS) is 20.4. The summed E-state index contributed by atoms with van der Waals surface area (Å²) in [5.74, 6) is 3.24. The first kappa shape index (κ1) is 24.1. The first-order valence-corrected chi connectivity index (χ1v) is 12.5. The van der Waals surface area contributed by atoms with Crippen molar-refractivity contribution in [2.24, 2.45) is 17.3 Å². The molecule has 1 N–H and O–H groups in total. The van der Waals surface area contributed by atoms with Crippen LogP contribution in [0.3, 0.4) is 0 Å². The number of nitrogens with zero attached hydrogens (tertiary/aromatic N) is 1. The van der Waals surface area contributed by atoms with Crippen molar-refractivity contribution < 1.29 is 9.53 Å². The summed E-state index contributed by atoms with van der Waals surface area (Å²) >= 11 is 0. The molecule has 1 amide bonds. The van der Waals surface area contributed by atoms with E-state index in [4.69, 9.17) is 4.74 Å². The molecule has 2 aliphatic rings. The molecule has 0 bridgehead atoms. The summed E-state index contributed by atoms with van der Waals surface area (Å²) < 4.78 is 5.61. The molecule has 0 unspecified atom stereocenters. The molecular weight excluding hydrogens is 384 g/mol. The van der Waals surface area contributed by atoms with Gasteiger partial charge in [0.2, 0.25) is 5.91 Å². The molecule has 0 aromatic heterocycles. The predicted molar refractivity (Wildman–Crippen MR) is 129 cm³/mol. The number of hydrogen-bond donors (Lipinski definition) is 1. The minimum Gasteiger partial charge on any atom is -0.496 e. The number of carbonyl (C=O) groups excluding carboxylic acids is 1. The SMILES string of the molecule is CNC(=O)C(C)(C)C[C@@H](CC1CCCCC1)CN1CCC(c2ccccc2OC)CC1. The standard InChI is InChI=1S/C27H44N2O2/c1-27(2,26(30)28-3)19-22(18-21-10-6-5-7-11-21)20-29-16-14-23(15-17-29)24-12-8-9-13-25(24)31-4/h8-9,12-13,21-23H,5-7,10-11,14-20H2,1-4H3,(H,28,30)/t22-/m1/s1. The Bertz CT molecular complexity index is 688. The summed E-state index contributed by atoms with van der Waals surface area (Å²) in [5, 5.41) is 2.89. The molecule has 0 spiro atoms. The maximum atomic E-state index is 12.5. The second-order valence-electron chi connectivity index (χ2n) is 10.6. The third-order valence-corrected chi connectivity index (χ3v) is 7.71. The molecule has 0 radical (unpaired) electrons. The number of hydrogen-bond acceptors (Lipinski definition) is 3. The van der Waals surface area contributed by atoms with Crippen LogP contribution in [0.2, 0.25) is 0 Å². The second-order valence-corrected chi connectivity index (χ2v) is 10.6. The van der Waals surface area contributed by atoms with Gasteiger partial charge in [-0.3, -0.25) is 4.79 Å². The lowest BCUT2D eigenvalue weighted by Crippen LogP contribution is -2.41. The molecule has 1 aliphatic heterocycles. The van der Waals surface area contributed by atoms with Crippen LogP contribution in [0.15, 0.2) is 24.3 Å². The van der Waals surface area contributed by atoms with Crippen molar-refractivity contribution in [3.05, 3.63) is 29.8 Å². The number of likely N-dealkylation sites (tertiary alicyclic amines) is 1. The number of benzene rings is 1. The number of para-hydroxylation sites is 1. The van der Waals surface area contributed by atoms with Gasteiger partial charge in [-0.05, 0) is 68.2 Å². The van der Waals surface area contributed by atoms with Gasteiger partial charge in [0.15, 0.2) is 0 Å². The maximum absolute atomic E-state index is 12.5. The van der Waals surface area contributed by atoms with E-state index in [0.29, 0.717) is 11.8 Å². The molecule has 1 heterocycles. The molecule has 1 saturated carbocycles. The van der Waals surface area contributed by atoms with E-state index in [1.807, 2.05) is 0 Å². The molecular formula is C27H44N2O2. The molecule has 1 atom stereocenters. The quantitative estimate of drug-likeness (QED) is 0.555. The Balaban J connectivity index is 1.60. The summed E-state index contributed by atoms with van der Waals surface area (Å²) in [6, 6.07) is 8.51. The van der Waals surface area contributed by atoms with Crippen molar-refractivity contribution in [1.29, 1.82) is 0 Å². The Morgan fingerprint density at radius 3 is 2.45 bits per heavy atom. The molecule has 1 aromatic rings. The zero-order valence-electron chi connectivity index (χ0n) is 20.3. The first-order valence-electron chi connectivity index (χ1n) is 12.5. The molecule has 174 valence electrons. The van der Waals surface area contributed by atoms with Crippen LogP contribution in [0.4, 0.5) is 0 Å². The molecule has 4 heteroatoms. The highest BCUT2D eigenvalue weighted by atomic mass is 16.5. The topological polar surface area (TPSA) is 41.6 Å². The lowest BCUT2D eigenvalue weighted by molar-refractivity contribution is -0.129. The van der Waals surface area contributed by atoms with E-state index in [2.05, 4.69) is 48.3 Å². The van der Waals surface area contributed by atoms with Crippen LogP contribution in [0, 0.1) is 17.3 Å². The van der Waals surface area contributed by atoms with Gasteiger partial charge in [-0.25, -0.2) is 0 Å². The van der Waals surface area contributed by atoms with Crippen molar-refractivity contribution in [1.82, 2.24) is 10.2 Å². The minimum atomic E-state index is -0.302.